The third-order valence-corrected chi connectivity index (χ3v) is 7.88. The number of ether oxygens (including phenoxy) is 1. The standard InChI is InChI=1S/C21H28N2O4S2/c1-3-27-17-9-8-16(2)13-18(17)29(25,26)23-14-20(24)22-15-21(10-4-5-11-21)19-7-6-12-28-19/h6-9,12-13,23H,3-5,10-11,14-15H2,1-2H3,(H,22,24). The molecule has 8 heteroatoms. The minimum atomic E-state index is -3.86. The van der Waals surface area contributed by atoms with Gasteiger partial charge >= 0.3 is 0 Å². The molecule has 3 rings (SSSR count). The van der Waals surface area contributed by atoms with Crippen molar-refractivity contribution in [1.82, 2.24) is 10.0 Å². The summed E-state index contributed by atoms with van der Waals surface area (Å²) in [6.45, 7) is 4.19. The highest BCUT2D eigenvalue weighted by molar-refractivity contribution is 7.89. The number of amides is 1. The highest BCUT2D eigenvalue weighted by Crippen LogP contribution is 2.42. The van der Waals surface area contributed by atoms with Crippen LogP contribution in [0.1, 0.15) is 43.0 Å². The average molecular weight is 437 g/mol. The van der Waals surface area contributed by atoms with E-state index in [9.17, 15) is 13.2 Å². The molecule has 1 amide bonds. The Morgan fingerprint density at radius 2 is 2.00 bits per heavy atom. The minimum Gasteiger partial charge on any atom is -0.492 e. The van der Waals surface area contributed by atoms with Crippen LogP contribution >= 0.6 is 11.3 Å². The summed E-state index contributed by atoms with van der Waals surface area (Å²) in [5.41, 5.74) is 0.777. The molecule has 0 radical (unpaired) electrons. The van der Waals surface area contributed by atoms with Crippen LogP contribution in [0.3, 0.4) is 0 Å². The first kappa shape index (κ1) is 21.8. The summed E-state index contributed by atoms with van der Waals surface area (Å²) in [5.74, 6) is -0.0457. The Morgan fingerprint density at radius 1 is 1.24 bits per heavy atom. The number of hydrogen-bond donors (Lipinski definition) is 2. The monoisotopic (exact) mass is 436 g/mol. The quantitative estimate of drug-likeness (QED) is 0.631. The molecule has 0 spiro atoms. The average Bonchev–Trinajstić information content (AvgIpc) is 3.39. The van der Waals surface area contributed by atoms with Crippen LogP contribution in [0.25, 0.3) is 0 Å². The highest BCUT2D eigenvalue weighted by Gasteiger charge is 2.36. The molecule has 1 aliphatic carbocycles. The summed E-state index contributed by atoms with van der Waals surface area (Å²) < 4.78 is 33.3. The van der Waals surface area contributed by atoms with E-state index in [1.807, 2.05) is 13.0 Å². The summed E-state index contributed by atoms with van der Waals surface area (Å²) in [6, 6.07) is 9.14. The fourth-order valence-corrected chi connectivity index (χ4v) is 6.01. The van der Waals surface area contributed by atoms with Crippen LogP contribution in [0.15, 0.2) is 40.6 Å². The van der Waals surface area contributed by atoms with Gasteiger partial charge in [0, 0.05) is 16.8 Å². The molecule has 1 aliphatic rings. The third kappa shape index (κ3) is 5.18. The fourth-order valence-electron chi connectivity index (χ4n) is 3.81. The summed E-state index contributed by atoms with van der Waals surface area (Å²) in [7, 11) is -3.86. The zero-order chi connectivity index (χ0) is 20.9. The van der Waals surface area contributed by atoms with Crippen molar-refractivity contribution in [2.75, 3.05) is 19.7 Å². The van der Waals surface area contributed by atoms with Crippen LogP contribution in [0.4, 0.5) is 0 Å². The molecule has 1 saturated carbocycles. The Kier molecular flexibility index (Phi) is 6.97. The van der Waals surface area contributed by atoms with E-state index in [1.54, 1.807) is 36.5 Å². The van der Waals surface area contributed by atoms with E-state index in [2.05, 4.69) is 21.5 Å². The molecule has 158 valence electrons. The normalized spacial score (nSPS) is 15.9. The number of aryl methyl sites for hydroxylation is 1. The van der Waals surface area contributed by atoms with Gasteiger partial charge in [0.2, 0.25) is 15.9 Å². The van der Waals surface area contributed by atoms with Crippen LogP contribution < -0.4 is 14.8 Å². The van der Waals surface area contributed by atoms with Gasteiger partial charge in [-0.1, -0.05) is 25.0 Å². The number of hydrogen-bond acceptors (Lipinski definition) is 5. The summed E-state index contributed by atoms with van der Waals surface area (Å²) in [5, 5.41) is 5.00. The van der Waals surface area contributed by atoms with E-state index >= 15 is 0 Å². The number of nitrogens with one attached hydrogen (secondary N) is 2. The molecule has 1 aromatic heterocycles. The second kappa shape index (κ2) is 9.28. The molecular weight excluding hydrogens is 408 g/mol. The van der Waals surface area contributed by atoms with Crippen molar-refractivity contribution in [1.29, 1.82) is 0 Å². The zero-order valence-electron chi connectivity index (χ0n) is 16.9. The molecular formula is C21H28N2O4S2. The lowest BCUT2D eigenvalue weighted by atomic mass is 9.84. The molecule has 2 aromatic rings. The van der Waals surface area contributed by atoms with E-state index in [1.165, 1.54) is 4.88 Å². The van der Waals surface area contributed by atoms with Gasteiger partial charge < -0.3 is 10.1 Å². The first-order valence-corrected chi connectivity index (χ1v) is 12.3. The number of carbonyl (C=O) groups is 1. The molecule has 2 N–H and O–H groups in total. The Labute approximate surface area is 176 Å². The highest BCUT2D eigenvalue weighted by atomic mass is 32.2. The van der Waals surface area contributed by atoms with Gasteiger partial charge in [0.05, 0.1) is 13.2 Å². The molecule has 6 nitrogen and oxygen atoms in total. The number of benzene rings is 1. The van der Waals surface area contributed by atoms with E-state index in [0.717, 1.165) is 31.2 Å². The second-order valence-corrected chi connectivity index (χ2v) is 10.1. The van der Waals surface area contributed by atoms with Crippen molar-refractivity contribution in [3.8, 4) is 5.75 Å². The molecule has 1 fully saturated rings. The van der Waals surface area contributed by atoms with Gasteiger partial charge in [-0.25, -0.2) is 13.1 Å². The van der Waals surface area contributed by atoms with Crippen molar-refractivity contribution in [2.45, 2.75) is 49.8 Å². The number of thiophene rings is 1. The molecule has 1 aromatic carbocycles. The van der Waals surface area contributed by atoms with E-state index in [4.69, 9.17) is 4.74 Å². The van der Waals surface area contributed by atoms with E-state index in [0.29, 0.717) is 13.2 Å². The van der Waals surface area contributed by atoms with Gasteiger partial charge in [0.1, 0.15) is 10.6 Å². The van der Waals surface area contributed by atoms with Crippen molar-refractivity contribution in [3.05, 3.63) is 46.2 Å². The number of sulfonamides is 1. The predicted octanol–water partition coefficient (Wildman–Crippen LogP) is 3.36. The maximum absolute atomic E-state index is 12.7. The molecule has 0 saturated heterocycles. The first-order valence-electron chi connectivity index (χ1n) is 9.90. The van der Waals surface area contributed by atoms with Gasteiger partial charge in [-0.2, -0.15) is 0 Å². The first-order chi connectivity index (χ1) is 13.9. The Hall–Kier alpha value is -1.90. The molecule has 29 heavy (non-hydrogen) atoms. The smallest absolute Gasteiger partial charge is 0.244 e. The SMILES string of the molecule is CCOc1ccc(C)cc1S(=O)(=O)NCC(=O)NCC1(c2cccs2)CCCC1. The summed E-state index contributed by atoms with van der Waals surface area (Å²) in [6.07, 6.45) is 4.38. The lowest BCUT2D eigenvalue weighted by Gasteiger charge is -2.28. The summed E-state index contributed by atoms with van der Waals surface area (Å²) >= 11 is 1.72. The van der Waals surface area contributed by atoms with Crippen molar-refractivity contribution in [2.24, 2.45) is 0 Å². The Balaban J connectivity index is 1.62. The number of carbonyl (C=O) groups excluding carboxylic acids is 1. The van der Waals surface area contributed by atoms with Crippen LogP contribution in [0.5, 0.6) is 5.75 Å². The predicted molar refractivity (Wildman–Crippen MR) is 115 cm³/mol. The van der Waals surface area contributed by atoms with Gasteiger partial charge in [0.15, 0.2) is 0 Å². The van der Waals surface area contributed by atoms with Gasteiger partial charge in [-0.3, -0.25) is 4.79 Å². The molecule has 0 atom stereocenters. The molecule has 0 aliphatic heterocycles. The van der Waals surface area contributed by atoms with Gasteiger partial charge in [-0.15, -0.1) is 11.3 Å². The van der Waals surface area contributed by atoms with Crippen molar-refractivity contribution >= 4 is 27.3 Å². The maximum atomic E-state index is 12.7. The Morgan fingerprint density at radius 3 is 2.66 bits per heavy atom. The van der Waals surface area contributed by atoms with Crippen LogP contribution in [0, 0.1) is 6.92 Å². The zero-order valence-corrected chi connectivity index (χ0v) is 18.5. The van der Waals surface area contributed by atoms with Gasteiger partial charge in [0.25, 0.3) is 0 Å². The molecule has 0 unspecified atom stereocenters. The summed E-state index contributed by atoms with van der Waals surface area (Å²) in [4.78, 5) is 13.7. The van der Waals surface area contributed by atoms with Gasteiger partial charge in [-0.05, 0) is 55.8 Å². The minimum absolute atomic E-state index is 0.0264. The number of rotatable bonds is 9. The topological polar surface area (TPSA) is 84.5 Å². The lowest BCUT2D eigenvalue weighted by molar-refractivity contribution is -0.120. The van der Waals surface area contributed by atoms with E-state index < -0.39 is 10.0 Å². The van der Waals surface area contributed by atoms with E-state index in [-0.39, 0.29) is 28.5 Å². The third-order valence-electron chi connectivity index (χ3n) is 5.34. The molecule has 1 heterocycles. The van der Waals surface area contributed by atoms with Crippen LogP contribution in [-0.4, -0.2) is 34.0 Å². The fraction of sp³-hybridized carbons (Fsp3) is 0.476. The Bertz CT molecular complexity index is 934. The largest absolute Gasteiger partial charge is 0.492 e. The van der Waals surface area contributed by atoms with Crippen molar-refractivity contribution in [3.63, 3.8) is 0 Å². The second-order valence-electron chi connectivity index (χ2n) is 7.45. The maximum Gasteiger partial charge on any atom is 0.244 e. The van der Waals surface area contributed by atoms with Crippen LogP contribution in [-0.2, 0) is 20.2 Å². The van der Waals surface area contributed by atoms with Crippen LogP contribution in [0.2, 0.25) is 0 Å². The molecule has 0 bridgehead atoms. The lowest BCUT2D eigenvalue weighted by Crippen LogP contribution is -2.43. The van der Waals surface area contributed by atoms with Crippen molar-refractivity contribution < 1.29 is 17.9 Å².